The molecule has 0 saturated carbocycles. The molecule has 1 aromatic heterocycles. The van der Waals surface area contributed by atoms with E-state index in [1.54, 1.807) is 0 Å². The molecule has 0 atom stereocenters. The molecule has 0 radical (unpaired) electrons. The number of carboxylic acids is 1. The molecule has 4 heteroatoms. The smallest absolute Gasteiger partial charge is 0.303 e. The molecule has 1 heterocycles. The minimum Gasteiger partial charge on any atom is -0.481 e. The van der Waals surface area contributed by atoms with E-state index in [9.17, 15) is 9.59 Å². The molecule has 0 saturated heterocycles. The number of hydrogen-bond acceptors (Lipinski definition) is 2. The average Bonchev–Trinajstić information content (AvgIpc) is 2.26. The maximum atomic E-state index is 12.0. The summed E-state index contributed by atoms with van der Waals surface area (Å²) in [5.41, 5.74) is 4.29. The molecule has 0 unspecified atom stereocenters. The first-order valence-corrected chi connectivity index (χ1v) is 6.24. The van der Waals surface area contributed by atoms with E-state index in [1.165, 1.54) is 0 Å². The zero-order valence-electron chi connectivity index (χ0n) is 11.3. The number of pyridine rings is 1. The number of nitrogens with one attached hydrogen (secondary N) is 1. The third-order valence-corrected chi connectivity index (χ3v) is 3.42. The van der Waals surface area contributed by atoms with Crippen LogP contribution >= 0.6 is 0 Å². The van der Waals surface area contributed by atoms with E-state index >= 15 is 0 Å². The van der Waals surface area contributed by atoms with Crippen molar-refractivity contribution < 1.29 is 9.90 Å². The van der Waals surface area contributed by atoms with Crippen LogP contribution in [0.3, 0.4) is 0 Å². The lowest BCUT2D eigenvalue weighted by atomic mass is 9.97. The Kier molecular flexibility index (Phi) is 3.42. The molecule has 0 spiro atoms. The molecular weight excluding hydrogens is 242 g/mol. The molecule has 0 aliphatic rings. The van der Waals surface area contributed by atoms with E-state index in [0.29, 0.717) is 5.56 Å². The lowest BCUT2D eigenvalue weighted by Crippen LogP contribution is -2.16. The Morgan fingerprint density at radius 3 is 2.58 bits per heavy atom. The van der Waals surface area contributed by atoms with Gasteiger partial charge in [-0.2, -0.15) is 0 Å². The summed E-state index contributed by atoms with van der Waals surface area (Å²) in [5, 5.41) is 9.77. The van der Waals surface area contributed by atoms with Gasteiger partial charge in [-0.05, 0) is 49.9 Å². The predicted octanol–water partition coefficient (Wildman–Crippen LogP) is 2.47. The van der Waals surface area contributed by atoms with E-state index in [-0.39, 0.29) is 18.4 Å². The second-order valence-corrected chi connectivity index (χ2v) is 4.96. The molecule has 0 fully saturated rings. The summed E-state index contributed by atoms with van der Waals surface area (Å²) in [4.78, 5) is 25.6. The fourth-order valence-corrected chi connectivity index (χ4v) is 2.62. The largest absolute Gasteiger partial charge is 0.481 e. The molecule has 19 heavy (non-hydrogen) atoms. The minimum atomic E-state index is -0.889. The van der Waals surface area contributed by atoms with Gasteiger partial charge in [0, 0.05) is 22.9 Å². The molecule has 100 valence electrons. The molecule has 0 bridgehead atoms. The Balaban J connectivity index is 2.67. The first-order valence-electron chi connectivity index (χ1n) is 6.24. The van der Waals surface area contributed by atoms with E-state index in [1.807, 2.05) is 26.8 Å². The van der Waals surface area contributed by atoms with Crippen LogP contribution in [0.15, 0.2) is 16.9 Å². The van der Waals surface area contributed by atoms with Crippen LogP contribution < -0.4 is 5.56 Å². The number of benzene rings is 1. The second kappa shape index (κ2) is 4.88. The monoisotopic (exact) mass is 259 g/mol. The first kappa shape index (κ1) is 13.3. The number of aromatic amines is 1. The number of fused-ring (bicyclic) bond motifs is 1. The van der Waals surface area contributed by atoms with Crippen molar-refractivity contribution in [2.24, 2.45) is 0 Å². The van der Waals surface area contributed by atoms with Gasteiger partial charge >= 0.3 is 5.97 Å². The summed E-state index contributed by atoms with van der Waals surface area (Å²) < 4.78 is 0. The Morgan fingerprint density at radius 2 is 1.95 bits per heavy atom. The van der Waals surface area contributed by atoms with E-state index in [0.717, 1.165) is 27.6 Å². The molecule has 0 amide bonds. The van der Waals surface area contributed by atoms with Crippen LogP contribution in [-0.4, -0.2) is 16.1 Å². The standard InChI is InChI=1S/C15H17NO3/c1-8-6-9(2)14-10(3)11(4-5-13(17)18)15(19)16-12(14)7-8/h6-7H,4-5H2,1-3H3,(H,16,19)(H,17,18). The number of carboxylic acid groups (broad SMARTS) is 1. The van der Waals surface area contributed by atoms with Crippen molar-refractivity contribution in [1.29, 1.82) is 0 Å². The summed E-state index contributed by atoms with van der Waals surface area (Å²) in [5.74, 6) is -0.889. The molecule has 2 N–H and O–H groups in total. The van der Waals surface area contributed by atoms with Gasteiger partial charge in [0.25, 0.3) is 5.56 Å². The topological polar surface area (TPSA) is 70.2 Å². The van der Waals surface area contributed by atoms with Crippen molar-refractivity contribution in [3.05, 3.63) is 44.7 Å². The molecule has 0 aliphatic heterocycles. The van der Waals surface area contributed by atoms with Gasteiger partial charge in [-0.15, -0.1) is 0 Å². The predicted molar refractivity (Wildman–Crippen MR) is 74.7 cm³/mol. The van der Waals surface area contributed by atoms with Gasteiger partial charge in [0.1, 0.15) is 0 Å². The third kappa shape index (κ3) is 2.52. The lowest BCUT2D eigenvalue weighted by Gasteiger charge is -2.11. The van der Waals surface area contributed by atoms with Crippen LogP contribution in [0.4, 0.5) is 0 Å². The average molecular weight is 259 g/mol. The quantitative estimate of drug-likeness (QED) is 0.889. The van der Waals surface area contributed by atoms with Crippen molar-refractivity contribution in [1.82, 2.24) is 4.98 Å². The van der Waals surface area contributed by atoms with Crippen LogP contribution in [0.1, 0.15) is 28.7 Å². The van der Waals surface area contributed by atoms with Gasteiger partial charge in [0.05, 0.1) is 0 Å². The normalized spacial score (nSPS) is 10.9. The van der Waals surface area contributed by atoms with Gasteiger partial charge in [-0.3, -0.25) is 9.59 Å². The summed E-state index contributed by atoms with van der Waals surface area (Å²) in [7, 11) is 0. The number of aromatic nitrogens is 1. The highest BCUT2D eigenvalue weighted by Gasteiger charge is 2.12. The molecule has 2 rings (SSSR count). The van der Waals surface area contributed by atoms with E-state index in [4.69, 9.17) is 5.11 Å². The summed E-state index contributed by atoms with van der Waals surface area (Å²) in [6, 6.07) is 4.01. The Hall–Kier alpha value is -2.10. The third-order valence-electron chi connectivity index (χ3n) is 3.42. The number of aryl methyl sites for hydroxylation is 3. The molecular formula is C15H17NO3. The maximum Gasteiger partial charge on any atom is 0.303 e. The number of rotatable bonds is 3. The summed E-state index contributed by atoms with van der Waals surface area (Å²) >= 11 is 0. The second-order valence-electron chi connectivity index (χ2n) is 4.96. The highest BCUT2D eigenvalue weighted by Crippen LogP contribution is 2.23. The van der Waals surface area contributed by atoms with Crippen LogP contribution in [0, 0.1) is 20.8 Å². The van der Waals surface area contributed by atoms with Crippen molar-refractivity contribution >= 4 is 16.9 Å². The molecule has 4 nitrogen and oxygen atoms in total. The van der Waals surface area contributed by atoms with Crippen molar-refractivity contribution in [3.8, 4) is 0 Å². The fraction of sp³-hybridized carbons (Fsp3) is 0.333. The summed E-state index contributed by atoms with van der Waals surface area (Å²) in [6.45, 7) is 5.87. The number of H-pyrrole nitrogens is 1. The van der Waals surface area contributed by atoms with Crippen molar-refractivity contribution in [2.75, 3.05) is 0 Å². The van der Waals surface area contributed by atoms with E-state index in [2.05, 4.69) is 11.1 Å². The zero-order chi connectivity index (χ0) is 14.2. The van der Waals surface area contributed by atoms with Gasteiger partial charge in [0.15, 0.2) is 0 Å². The lowest BCUT2D eigenvalue weighted by molar-refractivity contribution is -0.136. The number of carbonyl (C=O) groups is 1. The number of aliphatic carboxylic acids is 1. The maximum absolute atomic E-state index is 12.0. The van der Waals surface area contributed by atoms with Gasteiger partial charge in [-0.1, -0.05) is 6.07 Å². The van der Waals surface area contributed by atoms with Gasteiger partial charge in [-0.25, -0.2) is 0 Å². The minimum absolute atomic E-state index is 0.0274. The SMILES string of the molecule is Cc1cc(C)c2c(C)c(CCC(=O)O)c(=O)[nH]c2c1. The molecule has 1 aromatic carbocycles. The molecule has 0 aliphatic carbocycles. The Labute approximate surface area is 111 Å². The van der Waals surface area contributed by atoms with Gasteiger partial charge < -0.3 is 10.1 Å². The molecule has 2 aromatic rings. The van der Waals surface area contributed by atoms with Crippen LogP contribution in [-0.2, 0) is 11.2 Å². The Bertz CT molecular complexity index is 713. The van der Waals surface area contributed by atoms with Crippen LogP contribution in [0.2, 0.25) is 0 Å². The van der Waals surface area contributed by atoms with Crippen molar-refractivity contribution in [3.63, 3.8) is 0 Å². The first-order chi connectivity index (χ1) is 8.90. The highest BCUT2D eigenvalue weighted by atomic mass is 16.4. The highest BCUT2D eigenvalue weighted by molar-refractivity contribution is 5.86. The summed E-state index contributed by atoms with van der Waals surface area (Å²) in [6.07, 6.45) is 0.236. The fourth-order valence-electron chi connectivity index (χ4n) is 2.62. The Morgan fingerprint density at radius 1 is 1.26 bits per heavy atom. The number of hydrogen-bond donors (Lipinski definition) is 2. The zero-order valence-corrected chi connectivity index (χ0v) is 11.3. The van der Waals surface area contributed by atoms with Crippen LogP contribution in [0.25, 0.3) is 10.9 Å². The van der Waals surface area contributed by atoms with Gasteiger partial charge in [0.2, 0.25) is 0 Å². The van der Waals surface area contributed by atoms with Crippen LogP contribution in [0.5, 0.6) is 0 Å². The van der Waals surface area contributed by atoms with Crippen molar-refractivity contribution in [2.45, 2.75) is 33.6 Å². The van der Waals surface area contributed by atoms with E-state index < -0.39 is 5.97 Å².